The molecule has 0 spiro atoms. The summed E-state index contributed by atoms with van der Waals surface area (Å²) in [6.07, 6.45) is 3.54. The fourth-order valence-corrected chi connectivity index (χ4v) is 2.23. The van der Waals surface area contributed by atoms with Gasteiger partial charge in [0.25, 0.3) is 0 Å². The Morgan fingerprint density at radius 2 is 1.65 bits per heavy atom. The molecule has 114 valence electrons. The Labute approximate surface area is 136 Å². The highest BCUT2D eigenvalue weighted by Gasteiger charge is 2.07. The number of nitrogens with zero attached hydrogens (tertiary/aromatic N) is 2. The van der Waals surface area contributed by atoms with Crippen LogP contribution in [0, 0.1) is 6.92 Å². The second kappa shape index (κ2) is 7.36. The molecule has 0 N–H and O–H groups in total. The third-order valence-corrected chi connectivity index (χ3v) is 3.49. The van der Waals surface area contributed by atoms with Crippen LogP contribution in [0.5, 0.6) is 0 Å². The standard InChI is InChI=1S/C20H18N2O/c1-16-9-11-17(12-10-16)15-23-22-20(18-6-3-2-4-7-18)19-8-5-13-21-14-19/h2-14H,15H2,1H3. The third kappa shape index (κ3) is 4.04. The van der Waals surface area contributed by atoms with Crippen molar-refractivity contribution < 1.29 is 4.84 Å². The van der Waals surface area contributed by atoms with Crippen molar-refractivity contribution in [1.82, 2.24) is 4.98 Å². The molecule has 0 amide bonds. The molecule has 0 aliphatic rings. The van der Waals surface area contributed by atoms with Gasteiger partial charge in [0.05, 0.1) is 0 Å². The molecule has 3 heteroatoms. The lowest BCUT2D eigenvalue weighted by molar-refractivity contribution is 0.131. The van der Waals surface area contributed by atoms with Gasteiger partial charge in [-0.1, -0.05) is 65.3 Å². The predicted molar refractivity (Wildman–Crippen MR) is 92.3 cm³/mol. The van der Waals surface area contributed by atoms with Gasteiger partial charge in [-0.3, -0.25) is 4.98 Å². The summed E-state index contributed by atoms with van der Waals surface area (Å²) in [7, 11) is 0. The van der Waals surface area contributed by atoms with Gasteiger partial charge in [-0.05, 0) is 24.6 Å². The number of pyridine rings is 1. The Balaban J connectivity index is 1.82. The average Bonchev–Trinajstić information content (AvgIpc) is 2.62. The first-order chi connectivity index (χ1) is 11.3. The highest BCUT2D eigenvalue weighted by atomic mass is 16.6. The second-order valence-corrected chi connectivity index (χ2v) is 5.31. The quantitative estimate of drug-likeness (QED) is 0.518. The summed E-state index contributed by atoms with van der Waals surface area (Å²) in [5.41, 5.74) is 5.05. The second-order valence-electron chi connectivity index (χ2n) is 5.31. The van der Waals surface area contributed by atoms with E-state index in [2.05, 4.69) is 41.3 Å². The smallest absolute Gasteiger partial charge is 0.142 e. The molecule has 3 rings (SSSR count). The normalized spacial score (nSPS) is 11.3. The third-order valence-electron chi connectivity index (χ3n) is 3.49. The van der Waals surface area contributed by atoms with E-state index in [1.54, 1.807) is 12.4 Å². The molecular weight excluding hydrogens is 284 g/mol. The molecule has 0 saturated heterocycles. The average molecular weight is 302 g/mol. The maximum Gasteiger partial charge on any atom is 0.142 e. The van der Waals surface area contributed by atoms with Crippen LogP contribution in [0.25, 0.3) is 0 Å². The van der Waals surface area contributed by atoms with Crippen LogP contribution >= 0.6 is 0 Å². The van der Waals surface area contributed by atoms with Crippen molar-refractivity contribution in [1.29, 1.82) is 0 Å². The first-order valence-corrected chi connectivity index (χ1v) is 7.54. The van der Waals surface area contributed by atoms with Crippen molar-refractivity contribution in [3.8, 4) is 0 Å². The molecule has 3 aromatic rings. The van der Waals surface area contributed by atoms with Gasteiger partial charge in [-0.15, -0.1) is 0 Å². The van der Waals surface area contributed by atoms with Crippen LogP contribution in [0.4, 0.5) is 0 Å². The van der Waals surface area contributed by atoms with Crippen LogP contribution in [-0.2, 0) is 11.4 Å². The van der Waals surface area contributed by atoms with Gasteiger partial charge >= 0.3 is 0 Å². The van der Waals surface area contributed by atoms with E-state index in [9.17, 15) is 0 Å². The number of benzene rings is 2. The SMILES string of the molecule is Cc1ccc(CON=C(c2ccccc2)c2cccnc2)cc1. The van der Waals surface area contributed by atoms with Crippen LogP contribution in [0.15, 0.2) is 84.3 Å². The van der Waals surface area contributed by atoms with Crippen molar-refractivity contribution in [2.45, 2.75) is 13.5 Å². The molecule has 1 heterocycles. The van der Waals surface area contributed by atoms with Gasteiger partial charge in [-0.2, -0.15) is 0 Å². The minimum absolute atomic E-state index is 0.441. The molecule has 0 radical (unpaired) electrons. The molecular formula is C20H18N2O. The number of aryl methyl sites for hydroxylation is 1. The Hall–Kier alpha value is -2.94. The van der Waals surface area contributed by atoms with Gasteiger partial charge in [0.1, 0.15) is 12.3 Å². The lowest BCUT2D eigenvalue weighted by atomic mass is 10.0. The van der Waals surface area contributed by atoms with Crippen molar-refractivity contribution in [3.63, 3.8) is 0 Å². The minimum atomic E-state index is 0.441. The van der Waals surface area contributed by atoms with Crippen LogP contribution in [0.3, 0.4) is 0 Å². The number of oxime groups is 1. The van der Waals surface area contributed by atoms with Gasteiger partial charge in [0, 0.05) is 23.5 Å². The molecule has 0 unspecified atom stereocenters. The van der Waals surface area contributed by atoms with Crippen molar-refractivity contribution >= 4 is 5.71 Å². The summed E-state index contributed by atoms with van der Waals surface area (Å²) >= 11 is 0. The van der Waals surface area contributed by atoms with Gasteiger partial charge in [-0.25, -0.2) is 0 Å². The predicted octanol–water partition coefficient (Wildman–Crippen LogP) is 4.36. The van der Waals surface area contributed by atoms with Gasteiger partial charge in [0.2, 0.25) is 0 Å². The minimum Gasteiger partial charge on any atom is -0.390 e. The molecule has 0 bridgehead atoms. The highest BCUT2D eigenvalue weighted by molar-refractivity contribution is 6.12. The van der Waals surface area contributed by atoms with Crippen molar-refractivity contribution in [2.75, 3.05) is 0 Å². The van der Waals surface area contributed by atoms with Crippen LogP contribution in [-0.4, -0.2) is 10.7 Å². The van der Waals surface area contributed by atoms with Crippen molar-refractivity contribution in [3.05, 3.63) is 101 Å². The first kappa shape index (κ1) is 15.0. The number of aromatic nitrogens is 1. The number of hydrogen-bond acceptors (Lipinski definition) is 3. The summed E-state index contributed by atoms with van der Waals surface area (Å²) in [4.78, 5) is 9.76. The molecule has 23 heavy (non-hydrogen) atoms. The molecule has 2 aromatic carbocycles. The van der Waals surface area contributed by atoms with E-state index in [0.29, 0.717) is 6.61 Å². The number of hydrogen-bond donors (Lipinski definition) is 0. The van der Waals surface area contributed by atoms with E-state index >= 15 is 0 Å². The first-order valence-electron chi connectivity index (χ1n) is 7.54. The molecule has 0 fully saturated rings. The summed E-state index contributed by atoms with van der Waals surface area (Å²) in [6.45, 7) is 2.51. The molecule has 3 nitrogen and oxygen atoms in total. The maximum atomic E-state index is 5.59. The lowest BCUT2D eigenvalue weighted by Crippen LogP contribution is -2.05. The van der Waals surface area contributed by atoms with E-state index in [-0.39, 0.29) is 0 Å². The fraction of sp³-hybridized carbons (Fsp3) is 0.100. The molecule has 0 atom stereocenters. The zero-order valence-corrected chi connectivity index (χ0v) is 13.0. The Morgan fingerprint density at radius 1 is 0.913 bits per heavy atom. The van der Waals surface area contributed by atoms with E-state index in [0.717, 1.165) is 22.4 Å². The molecule has 0 aliphatic carbocycles. The van der Waals surface area contributed by atoms with E-state index < -0.39 is 0 Å². The zero-order chi connectivity index (χ0) is 15.9. The molecule has 1 aromatic heterocycles. The van der Waals surface area contributed by atoms with Gasteiger partial charge in [0.15, 0.2) is 0 Å². The highest BCUT2D eigenvalue weighted by Crippen LogP contribution is 2.11. The van der Waals surface area contributed by atoms with Crippen LogP contribution < -0.4 is 0 Å². The summed E-state index contributed by atoms with van der Waals surface area (Å²) < 4.78 is 0. The zero-order valence-electron chi connectivity index (χ0n) is 13.0. The van der Waals surface area contributed by atoms with E-state index in [1.807, 2.05) is 42.5 Å². The Morgan fingerprint density at radius 3 is 2.35 bits per heavy atom. The maximum absolute atomic E-state index is 5.59. The topological polar surface area (TPSA) is 34.5 Å². The summed E-state index contributed by atoms with van der Waals surface area (Å²) in [6, 6.07) is 22.1. The van der Waals surface area contributed by atoms with E-state index in [4.69, 9.17) is 4.84 Å². The monoisotopic (exact) mass is 302 g/mol. The Bertz CT molecular complexity index is 724. The summed E-state index contributed by atoms with van der Waals surface area (Å²) in [5.74, 6) is 0. The van der Waals surface area contributed by atoms with Gasteiger partial charge < -0.3 is 4.84 Å². The van der Waals surface area contributed by atoms with E-state index in [1.165, 1.54) is 5.56 Å². The fourth-order valence-electron chi connectivity index (χ4n) is 2.23. The lowest BCUT2D eigenvalue weighted by Gasteiger charge is -2.07. The molecule has 0 saturated carbocycles. The molecule has 0 aliphatic heterocycles. The van der Waals surface area contributed by atoms with Crippen LogP contribution in [0.2, 0.25) is 0 Å². The Kier molecular flexibility index (Phi) is 4.79. The largest absolute Gasteiger partial charge is 0.390 e. The summed E-state index contributed by atoms with van der Waals surface area (Å²) in [5, 5.41) is 4.36. The van der Waals surface area contributed by atoms with Crippen LogP contribution in [0.1, 0.15) is 22.3 Å². The van der Waals surface area contributed by atoms with Crippen molar-refractivity contribution in [2.24, 2.45) is 5.16 Å². The number of rotatable bonds is 5.